The van der Waals surface area contributed by atoms with Gasteiger partial charge in [-0.3, -0.25) is 10.1 Å². The molecule has 106 valence electrons. The molecule has 20 heavy (non-hydrogen) atoms. The molecular formula is C14H18N4S2. The lowest BCUT2D eigenvalue weighted by molar-refractivity contribution is 0.692. The molecule has 0 fully saturated rings. The molecule has 0 bridgehead atoms. The summed E-state index contributed by atoms with van der Waals surface area (Å²) in [5.74, 6) is 1.07. The van der Waals surface area contributed by atoms with E-state index in [1.165, 1.54) is 0 Å². The van der Waals surface area contributed by atoms with Crippen molar-refractivity contribution in [2.24, 2.45) is 12.8 Å². The van der Waals surface area contributed by atoms with Gasteiger partial charge in [0.15, 0.2) is 0 Å². The van der Waals surface area contributed by atoms with Crippen LogP contribution in [0.2, 0.25) is 0 Å². The van der Waals surface area contributed by atoms with E-state index in [0.29, 0.717) is 0 Å². The van der Waals surface area contributed by atoms with Gasteiger partial charge in [0, 0.05) is 22.4 Å². The molecule has 4 nitrogen and oxygen atoms in total. The molecule has 1 aromatic heterocycles. The Balaban J connectivity index is 2.43. The average molecular weight is 306 g/mol. The summed E-state index contributed by atoms with van der Waals surface area (Å²) in [6, 6.07) is 8.07. The minimum atomic E-state index is 0.114. The largest absolute Gasteiger partial charge is 0.384 e. The Bertz CT molecular complexity index is 634. The van der Waals surface area contributed by atoms with Crippen LogP contribution in [0.1, 0.15) is 18.2 Å². The van der Waals surface area contributed by atoms with E-state index in [4.69, 9.17) is 11.1 Å². The summed E-state index contributed by atoms with van der Waals surface area (Å²) < 4.78 is 1.85. The number of amidine groups is 1. The van der Waals surface area contributed by atoms with E-state index < -0.39 is 0 Å². The van der Waals surface area contributed by atoms with Crippen molar-refractivity contribution in [1.29, 1.82) is 5.41 Å². The lowest BCUT2D eigenvalue weighted by Gasteiger charge is -2.12. The highest BCUT2D eigenvalue weighted by molar-refractivity contribution is 8.00. The summed E-state index contributed by atoms with van der Waals surface area (Å²) in [7, 11) is 1.92. The molecule has 0 saturated heterocycles. The van der Waals surface area contributed by atoms with E-state index in [0.717, 1.165) is 31.8 Å². The molecule has 0 saturated carbocycles. The lowest BCUT2D eigenvalue weighted by Crippen LogP contribution is -2.14. The Kier molecular flexibility index (Phi) is 4.77. The first-order chi connectivity index (χ1) is 9.52. The van der Waals surface area contributed by atoms with Gasteiger partial charge in [0.25, 0.3) is 0 Å². The van der Waals surface area contributed by atoms with Gasteiger partial charge < -0.3 is 5.73 Å². The zero-order valence-corrected chi connectivity index (χ0v) is 13.4. The SMILES string of the molecule is CCSc1cccc(Sc2cc(C)nn2C)c1C(=N)N. The second-order valence-corrected chi connectivity index (χ2v) is 6.69. The van der Waals surface area contributed by atoms with Crippen LogP contribution >= 0.6 is 23.5 Å². The minimum absolute atomic E-state index is 0.114. The number of rotatable bonds is 5. The molecule has 0 radical (unpaired) electrons. The van der Waals surface area contributed by atoms with Crippen LogP contribution in [0.4, 0.5) is 0 Å². The van der Waals surface area contributed by atoms with Crippen molar-refractivity contribution in [2.45, 2.75) is 28.7 Å². The molecule has 6 heteroatoms. The predicted octanol–water partition coefficient (Wildman–Crippen LogP) is 3.28. The number of nitrogen functional groups attached to an aromatic ring is 1. The van der Waals surface area contributed by atoms with E-state index in [9.17, 15) is 0 Å². The van der Waals surface area contributed by atoms with Gasteiger partial charge in [0.1, 0.15) is 5.84 Å². The average Bonchev–Trinajstić information content (AvgIpc) is 2.68. The number of nitrogens with two attached hydrogens (primary N) is 1. The van der Waals surface area contributed by atoms with Crippen LogP contribution in [0.25, 0.3) is 0 Å². The van der Waals surface area contributed by atoms with Crippen LogP contribution in [0, 0.1) is 12.3 Å². The third-order valence-electron chi connectivity index (χ3n) is 2.73. The van der Waals surface area contributed by atoms with E-state index in [2.05, 4.69) is 12.0 Å². The fourth-order valence-corrected chi connectivity index (χ4v) is 3.94. The number of thioether (sulfide) groups is 1. The summed E-state index contributed by atoms with van der Waals surface area (Å²) in [5, 5.41) is 13.2. The van der Waals surface area contributed by atoms with Crippen LogP contribution in [0.3, 0.4) is 0 Å². The number of hydrogen-bond acceptors (Lipinski definition) is 4. The van der Waals surface area contributed by atoms with E-state index in [1.807, 2.05) is 42.9 Å². The van der Waals surface area contributed by atoms with Crippen LogP contribution < -0.4 is 5.73 Å². The van der Waals surface area contributed by atoms with Crippen molar-refractivity contribution in [3.8, 4) is 0 Å². The number of hydrogen-bond donors (Lipinski definition) is 2. The first kappa shape index (κ1) is 15.0. The topological polar surface area (TPSA) is 67.7 Å². The molecule has 0 spiro atoms. The fraction of sp³-hybridized carbons (Fsp3) is 0.286. The van der Waals surface area contributed by atoms with Gasteiger partial charge in [0.05, 0.1) is 10.7 Å². The second kappa shape index (κ2) is 6.37. The number of nitrogens with zero attached hydrogens (tertiary/aromatic N) is 2. The van der Waals surface area contributed by atoms with Gasteiger partial charge in [-0.1, -0.05) is 24.8 Å². The Morgan fingerprint density at radius 1 is 1.40 bits per heavy atom. The fourth-order valence-electron chi connectivity index (χ4n) is 1.93. The standard InChI is InChI=1S/C14H18N4S2/c1-4-19-10-6-5-7-11(13(10)14(15)16)20-12-8-9(2)17-18(12)3/h5-8H,4H2,1-3H3,(H3,15,16). The number of benzene rings is 1. The van der Waals surface area contributed by atoms with Gasteiger partial charge in [-0.15, -0.1) is 11.8 Å². The van der Waals surface area contributed by atoms with Crippen LogP contribution in [-0.2, 0) is 7.05 Å². The first-order valence-electron chi connectivity index (χ1n) is 6.31. The van der Waals surface area contributed by atoms with Crippen LogP contribution in [0.15, 0.2) is 39.1 Å². The summed E-state index contributed by atoms with van der Waals surface area (Å²) in [5.41, 5.74) is 7.58. The summed E-state index contributed by atoms with van der Waals surface area (Å²) in [6.07, 6.45) is 0. The molecule has 0 aliphatic rings. The monoisotopic (exact) mass is 306 g/mol. The molecule has 2 rings (SSSR count). The Hall–Kier alpha value is -1.40. The third-order valence-corrected chi connectivity index (χ3v) is 4.82. The molecule has 1 heterocycles. The molecule has 0 aliphatic heterocycles. The zero-order chi connectivity index (χ0) is 14.7. The molecule has 0 amide bonds. The third kappa shape index (κ3) is 3.19. The molecule has 0 atom stereocenters. The summed E-state index contributed by atoms with van der Waals surface area (Å²) in [6.45, 7) is 4.07. The highest BCUT2D eigenvalue weighted by Crippen LogP contribution is 2.35. The smallest absolute Gasteiger partial charge is 0.125 e. The Morgan fingerprint density at radius 2 is 2.10 bits per heavy atom. The van der Waals surface area contributed by atoms with Crippen molar-refractivity contribution < 1.29 is 0 Å². The molecular weight excluding hydrogens is 288 g/mol. The van der Waals surface area contributed by atoms with Crippen molar-refractivity contribution in [3.63, 3.8) is 0 Å². The number of aryl methyl sites for hydroxylation is 2. The normalized spacial score (nSPS) is 10.8. The molecule has 3 N–H and O–H groups in total. The Labute approximate surface area is 127 Å². The van der Waals surface area contributed by atoms with Crippen LogP contribution in [-0.4, -0.2) is 21.4 Å². The van der Waals surface area contributed by atoms with E-state index >= 15 is 0 Å². The maximum atomic E-state index is 7.85. The zero-order valence-electron chi connectivity index (χ0n) is 11.8. The van der Waals surface area contributed by atoms with Gasteiger partial charge in [-0.05, 0) is 30.9 Å². The van der Waals surface area contributed by atoms with Crippen molar-refractivity contribution >= 4 is 29.4 Å². The van der Waals surface area contributed by atoms with E-state index in [1.54, 1.807) is 23.5 Å². The van der Waals surface area contributed by atoms with Crippen LogP contribution in [0.5, 0.6) is 0 Å². The number of nitrogens with one attached hydrogen (secondary N) is 1. The predicted molar refractivity (Wildman–Crippen MR) is 85.9 cm³/mol. The quantitative estimate of drug-likeness (QED) is 0.505. The van der Waals surface area contributed by atoms with Gasteiger partial charge in [-0.25, -0.2) is 0 Å². The summed E-state index contributed by atoms with van der Waals surface area (Å²) >= 11 is 3.30. The van der Waals surface area contributed by atoms with Crippen molar-refractivity contribution in [1.82, 2.24) is 9.78 Å². The van der Waals surface area contributed by atoms with Crippen molar-refractivity contribution in [2.75, 3.05) is 5.75 Å². The number of aromatic nitrogens is 2. The second-order valence-electron chi connectivity index (χ2n) is 4.33. The molecule has 0 aliphatic carbocycles. The molecule has 0 unspecified atom stereocenters. The van der Waals surface area contributed by atoms with E-state index in [-0.39, 0.29) is 5.84 Å². The Morgan fingerprint density at radius 3 is 2.65 bits per heavy atom. The maximum absolute atomic E-state index is 7.85. The maximum Gasteiger partial charge on any atom is 0.125 e. The molecule has 2 aromatic rings. The molecule has 1 aromatic carbocycles. The highest BCUT2D eigenvalue weighted by Gasteiger charge is 2.14. The van der Waals surface area contributed by atoms with Gasteiger partial charge in [0.2, 0.25) is 0 Å². The van der Waals surface area contributed by atoms with Gasteiger partial charge in [-0.2, -0.15) is 5.10 Å². The summed E-state index contributed by atoms with van der Waals surface area (Å²) in [4.78, 5) is 2.06. The lowest BCUT2D eigenvalue weighted by atomic mass is 10.2. The van der Waals surface area contributed by atoms with Gasteiger partial charge >= 0.3 is 0 Å². The first-order valence-corrected chi connectivity index (χ1v) is 8.11. The minimum Gasteiger partial charge on any atom is -0.384 e. The highest BCUT2D eigenvalue weighted by atomic mass is 32.2. The van der Waals surface area contributed by atoms with Crippen molar-refractivity contribution in [3.05, 3.63) is 35.5 Å².